The van der Waals surface area contributed by atoms with Crippen molar-refractivity contribution >= 4 is 11.4 Å². The number of aliphatic imine (C=N–C) groups is 1. The smallest absolute Gasteiger partial charge is 0.124 e. The summed E-state index contributed by atoms with van der Waals surface area (Å²) in [5.41, 5.74) is 3.66. The van der Waals surface area contributed by atoms with Crippen LogP contribution in [0.3, 0.4) is 0 Å². The molecule has 0 aliphatic carbocycles. The van der Waals surface area contributed by atoms with Crippen molar-refractivity contribution in [1.29, 1.82) is 0 Å². The van der Waals surface area contributed by atoms with E-state index in [2.05, 4.69) is 11.6 Å². The molecule has 0 amide bonds. The Labute approximate surface area is 136 Å². The van der Waals surface area contributed by atoms with Crippen molar-refractivity contribution in [1.82, 2.24) is 0 Å². The van der Waals surface area contributed by atoms with Crippen LogP contribution < -0.4 is 0 Å². The Hall–Kier alpha value is -2.09. The van der Waals surface area contributed by atoms with Crippen LogP contribution >= 0.6 is 0 Å². The first-order valence-electron chi connectivity index (χ1n) is 7.67. The summed E-state index contributed by atoms with van der Waals surface area (Å²) in [5, 5.41) is 9.61. The van der Waals surface area contributed by atoms with Crippen LogP contribution in [-0.2, 0) is 0 Å². The molecule has 0 fully saturated rings. The SMILES string of the molecule is C/C=C(\N=C(C)C)c1ccccc1O.C=C(C)/C=C\C.CC. The van der Waals surface area contributed by atoms with Gasteiger partial charge in [-0.1, -0.05) is 56.4 Å². The van der Waals surface area contributed by atoms with Crippen LogP contribution in [0.15, 0.2) is 59.6 Å². The summed E-state index contributed by atoms with van der Waals surface area (Å²) < 4.78 is 0. The highest BCUT2D eigenvalue weighted by atomic mass is 16.3. The van der Waals surface area contributed by atoms with E-state index in [1.165, 1.54) is 0 Å². The van der Waals surface area contributed by atoms with Gasteiger partial charge < -0.3 is 5.11 Å². The van der Waals surface area contributed by atoms with Crippen LogP contribution in [0.5, 0.6) is 5.75 Å². The number of para-hydroxylation sites is 1. The van der Waals surface area contributed by atoms with Gasteiger partial charge in [0.2, 0.25) is 0 Å². The monoisotopic (exact) mass is 301 g/mol. The molecule has 0 aliphatic rings. The molecular formula is C20H31NO. The lowest BCUT2D eigenvalue weighted by molar-refractivity contribution is 0.473. The Morgan fingerprint density at radius 2 is 1.64 bits per heavy atom. The van der Waals surface area contributed by atoms with Gasteiger partial charge in [0.15, 0.2) is 0 Å². The molecule has 0 saturated carbocycles. The van der Waals surface area contributed by atoms with E-state index in [4.69, 9.17) is 0 Å². The highest BCUT2D eigenvalue weighted by Crippen LogP contribution is 2.25. The molecule has 1 N–H and O–H groups in total. The second kappa shape index (κ2) is 13.9. The molecular weight excluding hydrogens is 270 g/mol. The standard InChI is InChI=1S/C12H15NO.C6H10.C2H6/c1-4-11(13-9(2)3)10-7-5-6-8-12(10)14;1-4-5-6(2)3;1-2/h4-8,14H,1-3H3;4-5H,2H2,1,3H3;1-2H3/b11-4-;5-4-;. The zero-order valence-electron chi connectivity index (χ0n) is 15.1. The van der Waals surface area contributed by atoms with Crippen LogP contribution in [0.1, 0.15) is 54.0 Å². The van der Waals surface area contributed by atoms with Gasteiger partial charge in [0.05, 0.1) is 5.70 Å². The molecule has 0 atom stereocenters. The average molecular weight is 301 g/mol. The number of phenolic OH excluding ortho intramolecular Hbond substituents is 1. The molecule has 0 aromatic heterocycles. The minimum absolute atomic E-state index is 0.269. The number of allylic oxidation sites excluding steroid dienone is 4. The van der Waals surface area contributed by atoms with E-state index < -0.39 is 0 Å². The molecule has 0 aliphatic heterocycles. The van der Waals surface area contributed by atoms with Gasteiger partial charge >= 0.3 is 0 Å². The highest BCUT2D eigenvalue weighted by molar-refractivity contribution is 5.86. The number of aromatic hydroxyl groups is 1. The highest BCUT2D eigenvalue weighted by Gasteiger charge is 2.03. The summed E-state index contributed by atoms with van der Waals surface area (Å²) in [6.45, 7) is 17.4. The van der Waals surface area contributed by atoms with E-state index in [-0.39, 0.29) is 5.75 Å². The van der Waals surface area contributed by atoms with E-state index in [1.54, 1.807) is 12.1 Å². The Morgan fingerprint density at radius 3 is 1.95 bits per heavy atom. The summed E-state index contributed by atoms with van der Waals surface area (Å²) in [6.07, 6.45) is 5.84. The van der Waals surface area contributed by atoms with Gasteiger partial charge in [-0.05, 0) is 46.8 Å². The summed E-state index contributed by atoms with van der Waals surface area (Å²) in [6, 6.07) is 7.21. The predicted octanol–water partition coefficient (Wildman–Crippen LogP) is 6.40. The summed E-state index contributed by atoms with van der Waals surface area (Å²) >= 11 is 0. The maximum Gasteiger partial charge on any atom is 0.124 e. The maximum atomic E-state index is 9.61. The third-order valence-corrected chi connectivity index (χ3v) is 2.25. The number of phenols is 1. The molecule has 0 bridgehead atoms. The minimum Gasteiger partial charge on any atom is -0.507 e. The van der Waals surface area contributed by atoms with Gasteiger partial charge in [0.25, 0.3) is 0 Å². The fourth-order valence-corrected chi connectivity index (χ4v) is 1.50. The van der Waals surface area contributed by atoms with Gasteiger partial charge in [-0.25, -0.2) is 0 Å². The van der Waals surface area contributed by atoms with Gasteiger partial charge in [0, 0.05) is 11.3 Å². The van der Waals surface area contributed by atoms with E-state index in [1.807, 2.05) is 78.8 Å². The zero-order valence-corrected chi connectivity index (χ0v) is 15.1. The predicted molar refractivity (Wildman–Crippen MR) is 102 cm³/mol. The molecule has 0 saturated heterocycles. The topological polar surface area (TPSA) is 32.6 Å². The number of benzene rings is 1. The first kappa shape index (κ1) is 22.2. The molecule has 0 heterocycles. The van der Waals surface area contributed by atoms with Crippen molar-refractivity contribution in [2.45, 2.75) is 48.5 Å². The lowest BCUT2D eigenvalue weighted by Crippen LogP contribution is -1.86. The second-order valence-electron chi connectivity index (χ2n) is 4.60. The fourth-order valence-electron chi connectivity index (χ4n) is 1.50. The normalized spacial score (nSPS) is 10.0. The average Bonchev–Trinajstić information content (AvgIpc) is 2.48. The molecule has 1 aromatic rings. The maximum absolute atomic E-state index is 9.61. The molecule has 2 heteroatoms. The van der Waals surface area contributed by atoms with E-state index in [9.17, 15) is 5.11 Å². The number of rotatable bonds is 3. The van der Waals surface area contributed by atoms with Crippen molar-refractivity contribution in [2.75, 3.05) is 0 Å². The third-order valence-electron chi connectivity index (χ3n) is 2.25. The second-order valence-corrected chi connectivity index (χ2v) is 4.60. The fraction of sp³-hybridized carbons (Fsp3) is 0.350. The lowest BCUT2D eigenvalue weighted by Gasteiger charge is -2.04. The Bertz CT molecular complexity index is 518. The van der Waals surface area contributed by atoms with E-state index >= 15 is 0 Å². The lowest BCUT2D eigenvalue weighted by atomic mass is 10.1. The first-order valence-corrected chi connectivity index (χ1v) is 7.67. The van der Waals surface area contributed by atoms with Gasteiger partial charge in [0.1, 0.15) is 5.75 Å². The van der Waals surface area contributed by atoms with Crippen molar-refractivity contribution in [3.63, 3.8) is 0 Å². The molecule has 2 nitrogen and oxygen atoms in total. The molecule has 0 unspecified atom stereocenters. The zero-order chi connectivity index (χ0) is 17.5. The summed E-state index contributed by atoms with van der Waals surface area (Å²) in [4.78, 5) is 4.34. The van der Waals surface area contributed by atoms with E-state index in [0.29, 0.717) is 0 Å². The number of hydrogen-bond donors (Lipinski definition) is 1. The molecule has 1 rings (SSSR count). The minimum atomic E-state index is 0.269. The van der Waals surface area contributed by atoms with Crippen molar-refractivity contribution < 1.29 is 5.11 Å². The van der Waals surface area contributed by atoms with Gasteiger partial charge in [-0.2, -0.15) is 0 Å². The van der Waals surface area contributed by atoms with Crippen LogP contribution in [0, 0.1) is 0 Å². The number of hydrogen-bond acceptors (Lipinski definition) is 2. The Morgan fingerprint density at radius 1 is 1.09 bits per heavy atom. The van der Waals surface area contributed by atoms with E-state index in [0.717, 1.165) is 22.5 Å². The van der Waals surface area contributed by atoms with Crippen LogP contribution in [0.2, 0.25) is 0 Å². The van der Waals surface area contributed by atoms with Crippen LogP contribution in [0.4, 0.5) is 0 Å². The van der Waals surface area contributed by atoms with Gasteiger partial charge in [-0.15, -0.1) is 0 Å². The van der Waals surface area contributed by atoms with Crippen molar-refractivity contribution in [3.05, 3.63) is 60.2 Å². The van der Waals surface area contributed by atoms with Crippen molar-refractivity contribution in [3.8, 4) is 5.75 Å². The molecule has 0 radical (unpaired) electrons. The first-order chi connectivity index (χ1) is 10.4. The van der Waals surface area contributed by atoms with Crippen molar-refractivity contribution in [2.24, 2.45) is 4.99 Å². The molecule has 122 valence electrons. The molecule has 0 spiro atoms. The molecule has 1 aromatic carbocycles. The quantitative estimate of drug-likeness (QED) is 0.508. The summed E-state index contributed by atoms with van der Waals surface area (Å²) in [7, 11) is 0. The van der Waals surface area contributed by atoms with Gasteiger partial charge in [-0.3, -0.25) is 4.99 Å². The Balaban J connectivity index is 0. The van der Waals surface area contributed by atoms with Crippen LogP contribution in [-0.4, -0.2) is 10.8 Å². The largest absolute Gasteiger partial charge is 0.507 e. The Kier molecular flexibility index (Phi) is 14.0. The summed E-state index contributed by atoms with van der Waals surface area (Å²) in [5.74, 6) is 0.269. The van der Waals surface area contributed by atoms with Crippen LogP contribution in [0.25, 0.3) is 5.70 Å². The third kappa shape index (κ3) is 10.7. The molecule has 22 heavy (non-hydrogen) atoms. The number of nitrogens with zero attached hydrogens (tertiary/aromatic N) is 1.